The predicted octanol–water partition coefficient (Wildman–Crippen LogP) is 8.74. The quantitative estimate of drug-likeness (QED) is 0.443. The van der Waals surface area contributed by atoms with Gasteiger partial charge in [-0.15, -0.1) is 0 Å². The number of hydrogen-bond acceptors (Lipinski definition) is 0. The van der Waals surface area contributed by atoms with E-state index in [1.807, 2.05) is 0 Å². The first-order chi connectivity index (χ1) is 13.3. The second-order valence-electron chi connectivity index (χ2n) is 12.9. The van der Waals surface area contributed by atoms with Crippen molar-refractivity contribution in [3.63, 3.8) is 0 Å². The molecule has 4 saturated carbocycles. The molecule has 0 bridgehead atoms. The van der Waals surface area contributed by atoms with Gasteiger partial charge in [-0.25, -0.2) is 0 Å². The van der Waals surface area contributed by atoms with Crippen LogP contribution in [0.25, 0.3) is 0 Å². The molecule has 4 aliphatic carbocycles. The molecular weight excluding hydrogens is 336 g/mol. The third-order valence-electron chi connectivity index (χ3n) is 11.6. The summed E-state index contributed by atoms with van der Waals surface area (Å²) >= 11 is 0. The first-order valence-corrected chi connectivity index (χ1v) is 13.3. The summed E-state index contributed by atoms with van der Waals surface area (Å²) in [5.74, 6) is 7.96. The highest BCUT2D eigenvalue weighted by molar-refractivity contribution is 5.09. The lowest BCUT2D eigenvalue weighted by molar-refractivity contribution is -0.114. The summed E-state index contributed by atoms with van der Waals surface area (Å²) in [6.45, 7) is 15.4. The van der Waals surface area contributed by atoms with Crippen LogP contribution in [-0.4, -0.2) is 0 Å². The van der Waals surface area contributed by atoms with Crippen LogP contribution in [0, 0.1) is 58.2 Å². The molecule has 0 amide bonds. The van der Waals surface area contributed by atoms with Gasteiger partial charge in [0, 0.05) is 0 Å². The van der Waals surface area contributed by atoms with Gasteiger partial charge in [-0.05, 0) is 110 Å². The molecule has 4 aliphatic rings. The van der Waals surface area contributed by atoms with Crippen molar-refractivity contribution in [3.05, 3.63) is 0 Å². The third kappa shape index (κ3) is 3.41. The largest absolute Gasteiger partial charge is 0.0625 e. The van der Waals surface area contributed by atoms with Crippen molar-refractivity contribution in [2.45, 2.75) is 119 Å². The van der Waals surface area contributed by atoms with Gasteiger partial charge in [0.25, 0.3) is 0 Å². The normalized spacial score (nSPS) is 47.9. The lowest BCUT2D eigenvalue weighted by Crippen LogP contribution is -2.53. The van der Waals surface area contributed by atoms with Gasteiger partial charge in [0.2, 0.25) is 0 Å². The van der Waals surface area contributed by atoms with E-state index in [1.54, 1.807) is 51.4 Å². The van der Waals surface area contributed by atoms with Crippen LogP contribution >= 0.6 is 0 Å². The maximum absolute atomic E-state index is 2.75. The summed E-state index contributed by atoms with van der Waals surface area (Å²) in [5, 5.41) is 0. The second-order valence-corrected chi connectivity index (χ2v) is 12.9. The van der Waals surface area contributed by atoms with Gasteiger partial charge < -0.3 is 0 Å². The highest BCUT2D eigenvalue weighted by atomic mass is 14.6. The fourth-order valence-electron chi connectivity index (χ4n) is 9.33. The van der Waals surface area contributed by atoms with E-state index < -0.39 is 0 Å². The van der Waals surface area contributed by atoms with Gasteiger partial charge in [0.05, 0.1) is 0 Å². The molecule has 0 spiro atoms. The Bertz CT molecular complexity index is 534. The molecule has 0 aromatic heterocycles. The first kappa shape index (κ1) is 21.2. The molecule has 0 aromatic carbocycles. The molecule has 9 atom stereocenters. The van der Waals surface area contributed by atoms with Crippen LogP contribution in [0.4, 0.5) is 0 Å². The molecule has 4 rings (SSSR count). The molecule has 0 saturated heterocycles. The lowest BCUT2D eigenvalue weighted by Gasteiger charge is -2.61. The monoisotopic (exact) mass is 386 g/mol. The van der Waals surface area contributed by atoms with Crippen molar-refractivity contribution in [1.82, 2.24) is 0 Å². The van der Waals surface area contributed by atoms with Gasteiger partial charge in [-0.1, -0.05) is 67.2 Å². The highest BCUT2D eigenvalue weighted by Gasteiger charge is 2.60. The molecule has 28 heavy (non-hydrogen) atoms. The summed E-state index contributed by atoms with van der Waals surface area (Å²) in [7, 11) is 0. The maximum atomic E-state index is 2.75. The minimum absolute atomic E-state index is 0.666. The molecule has 4 fully saturated rings. The molecule has 0 unspecified atom stereocenters. The third-order valence-corrected chi connectivity index (χ3v) is 11.6. The molecular formula is C28H50. The average molecular weight is 387 g/mol. The molecule has 0 N–H and O–H groups in total. The summed E-state index contributed by atoms with van der Waals surface area (Å²) in [6.07, 6.45) is 18.4. The fourth-order valence-corrected chi connectivity index (χ4v) is 9.33. The zero-order chi connectivity index (χ0) is 20.1. The minimum atomic E-state index is 0.666. The Balaban J connectivity index is 1.46. The smallest absolute Gasteiger partial charge is 0.0264 e. The molecule has 0 aromatic rings. The summed E-state index contributed by atoms with van der Waals surface area (Å²) in [4.78, 5) is 0. The van der Waals surface area contributed by atoms with Crippen molar-refractivity contribution >= 4 is 0 Å². The number of rotatable bonds is 5. The first-order valence-electron chi connectivity index (χ1n) is 13.3. The minimum Gasteiger partial charge on any atom is -0.0625 e. The van der Waals surface area contributed by atoms with E-state index in [4.69, 9.17) is 0 Å². The van der Waals surface area contributed by atoms with E-state index >= 15 is 0 Å². The number of fused-ring (bicyclic) bond motifs is 5. The molecule has 0 aliphatic heterocycles. The van der Waals surface area contributed by atoms with Crippen LogP contribution in [0.1, 0.15) is 119 Å². The molecule has 0 heteroatoms. The van der Waals surface area contributed by atoms with E-state index in [0.717, 1.165) is 47.3 Å². The zero-order valence-corrected chi connectivity index (χ0v) is 20.1. The maximum Gasteiger partial charge on any atom is -0.0264 e. The summed E-state index contributed by atoms with van der Waals surface area (Å²) in [5.41, 5.74) is 1.37. The average Bonchev–Trinajstić information content (AvgIpc) is 3.02. The Morgan fingerprint density at radius 3 is 2.21 bits per heavy atom. The SMILES string of the molecule is CC(C)[C@@H](C)CC[C@@H](C)[C@H]1CC[C@H]2[C@@H]3CC[C@H]4CCCC[C@]4(C)[C@H]3CC[C@]12C. The van der Waals surface area contributed by atoms with E-state index in [0.29, 0.717) is 10.8 Å². The van der Waals surface area contributed by atoms with Crippen LogP contribution in [0.3, 0.4) is 0 Å². The van der Waals surface area contributed by atoms with Crippen LogP contribution in [-0.2, 0) is 0 Å². The zero-order valence-electron chi connectivity index (χ0n) is 20.1. The Labute approximate surface area is 177 Å². The van der Waals surface area contributed by atoms with E-state index in [9.17, 15) is 0 Å². The van der Waals surface area contributed by atoms with Gasteiger partial charge >= 0.3 is 0 Å². The van der Waals surface area contributed by atoms with Gasteiger partial charge in [-0.2, -0.15) is 0 Å². The molecule has 0 radical (unpaired) electrons. The van der Waals surface area contributed by atoms with Crippen LogP contribution in [0.5, 0.6) is 0 Å². The van der Waals surface area contributed by atoms with Crippen molar-refractivity contribution in [2.75, 3.05) is 0 Å². The van der Waals surface area contributed by atoms with Crippen LogP contribution in [0.2, 0.25) is 0 Å². The lowest BCUT2D eigenvalue weighted by atomic mass is 9.44. The fraction of sp³-hybridized carbons (Fsp3) is 1.00. The van der Waals surface area contributed by atoms with Gasteiger partial charge in [0.1, 0.15) is 0 Å². The Morgan fingerprint density at radius 1 is 0.714 bits per heavy atom. The molecule has 0 nitrogen and oxygen atoms in total. The summed E-state index contributed by atoms with van der Waals surface area (Å²) < 4.78 is 0. The van der Waals surface area contributed by atoms with Crippen LogP contribution in [0.15, 0.2) is 0 Å². The van der Waals surface area contributed by atoms with Crippen molar-refractivity contribution in [1.29, 1.82) is 0 Å². The van der Waals surface area contributed by atoms with Crippen molar-refractivity contribution in [3.8, 4) is 0 Å². The summed E-state index contributed by atoms with van der Waals surface area (Å²) in [6, 6.07) is 0. The standard InChI is InChI=1S/C28H50/c1-19(2)20(3)10-11-21(4)24-14-15-25-23-13-12-22-9-7-8-17-27(22,5)26(23)16-18-28(24,25)6/h19-26H,7-18H2,1-6H3/t20-,21+,22+,23-,24+,25-,26-,27-,28+/m0/s1. The van der Waals surface area contributed by atoms with Gasteiger partial charge in [-0.3, -0.25) is 0 Å². The van der Waals surface area contributed by atoms with Crippen molar-refractivity contribution in [2.24, 2.45) is 58.2 Å². The Kier molecular flexibility index (Phi) is 6.01. The Hall–Kier alpha value is 0. The van der Waals surface area contributed by atoms with E-state index in [1.165, 1.54) is 25.7 Å². The predicted molar refractivity (Wildman–Crippen MR) is 122 cm³/mol. The second kappa shape index (κ2) is 7.92. The molecule has 162 valence electrons. The van der Waals surface area contributed by atoms with Crippen LogP contribution < -0.4 is 0 Å². The Morgan fingerprint density at radius 2 is 1.46 bits per heavy atom. The number of hydrogen-bond donors (Lipinski definition) is 0. The van der Waals surface area contributed by atoms with E-state index in [-0.39, 0.29) is 0 Å². The van der Waals surface area contributed by atoms with Gasteiger partial charge in [0.15, 0.2) is 0 Å². The van der Waals surface area contributed by atoms with E-state index in [2.05, 4.69) is 41.5 Å². The molecule has 0 heterocycles. The van der Waals surface area contributed by atoms with Crippen molar-refractivity contribution < 1.29 is 0 Å². The highest BCUT2D eigenvalue weighted by Crippen LogP contribution is 2.68. The topological polar surface area (TPSA) is 0 Å².